The number of rotatable bonds is 3. The Morgan fingerprint density at radius 1 is 1.33 bits per heavy atom. The number of piperazine rings is 1. The molecule has 2 fully saturated rings. The number of hydrogen-bond acceptors (Lipinski definition) is 4. The molecule has 2 atom stereocenters. The molecule has 0 unspecified atom stereocenters. The fraction of sp³-hybridized carbons (Fsp3) is 0.688. The highest BCUT2D eigenvalue weighted by atomic mass is 32.1. The summed E-state index contributed by atoms with van der Waals surface area (Å²) in [5, 5.41) is 4.35. The Labute approximate surface area is 130 Å². The molecule has 1 aromatic rings. The zero-order valence-corrected chi connectivity index (χ0v) is 13.5. The molecular weight excluding hydrogens is 284 g/mol. The highest BCUT2D eigenvalue weighted by molar-refractivity contribution is 7.07. The minimum atomic E-state index is -0.181. The lowest BCUT2D eigenvalue weighted by molar-refractivity contribution is -0.148. The summed E-state index contributed by atoms with van der Waals surface area (Å²) in [7, 11) is 0. The van der Waals surface area contributed by atoms with Gasteiger partial charge in [0.05, 0.1) is 0 Å². The maximum atomic E-state index is 12.4. The van der Waals surface area contributed by atoms with Gasteiger partial charge in [0, 0.05) is 38.8 Å². The molecule has 1 aromatic heterocycles. The van der Waals surface area contributed by atoms with E-state index in [1.165, 1.54) is 5.56 Å². The van der Waals surface area contributed by atoms with E-state index in [4.69, 9.17) is 4.74 Å². The van der Waals surface area contributed by atoms with Crippen molar-refractivity contribution in [1.82, 2.24) is 9.80 Å². The quantitative estimate of drug-likeness (QED) is 0.860. The minimum Gasteiger partial charge on any atom is -0.368 e. The summed E-state index contributed by atoms with van der Waals surface area (Å²) in [4.78, 5) is 16.9. The first-order chi connectivity index (χ1) is 10.3. The van der Waals surface area contributed by atoms with E-state index in [1.807, 2.05) is 4.90 Å². The van der Waals surface area contributed by atoms with Gasteiger partial charge >= 0.3 is 0 Å². The Bertz CT molecular complexity index is 449. The molecule has 0 aromatic carbocycles. The van der Waals surface area contributed by atoms with Crippen molar-refractivity contribution in [3.63, 3.8) is 0 Å². The van der Waals surface area contributed by atoms with Crippen molar-refractivity contribution in [2.75, 3.05) is 32.8 Å². The van der Waals surface area contributed by atoms with E-state index < -0.39 is 0 Å². The van der Waals surface area contributed by atoms with Crippen LogP contribution in [0.2, 0.25) is 0 Å². The van der Waals surface area contributed by atoms with Crippen molar-refractivity contribution >= 4 is 17.2 Å². The van der Waals surface area contributed by atoms with Crippen LogP contribution in [0, 0.1) is 0 Å². The van der Waals surface area contributed by atoms with E-state index in [-0.39, 0.29) is 12.0 Å². The van der Waals surface area contributed by atoms with Gasteiger partial charge in [-0.15, -0.1) is 0 Å². The Balaban J connectivity index is 1.51. The first kappa shape index (κ1) is 15.0. The van der Waals surface area contributed by atoms with Crippen LogP contribution < -0.4 is 0 Å². The largest absolute Gasteiger partial charge is 0.368 e. The van der Waals surface area contributed by atoms with Gasteiger partial charge in [-0.25, -0.2) is 0 Å². The summed E-state index contributed by atoms with van der Waals surface area (Å²) < 4.78 is 5.62. The van der Waals surface area contributed by atoms with Crippen molar-refractivity contribution < 1.29 is 9.53 Å². The van der Waals surface area contributed by atoms with Crippen LogP contribution in [0.5, 0.6) is 0 Å². The van der Waals surface area contributed by atoms with Crippen LogP contribution >= 0.6 is 11.3 Å². The molecule has 0 saturated carbocycles. The van der Waals surface area contributed by atoms with E-state index in [0.717, 1.165) is 52.0 Å². The molecule has 2 aliphatic rings. The Hall–Kier alpha value is -0.910. The maximum Gasteiger partial charge on any atom is 0.251 e. The molecule has 3 heterocycles. The highest BCUT2D eigenvalue weighted by Crippen LogP contribution is 2.24. The number of thiophene rings is 1. The highest BCUT2D eigenvalue weighted by Gasteiger charge is 2.30. The second kappa shape index (κ2) is 6.90. The van der Waals surface area contributed by atoms with Crippen LogP contribution in [0.25, 0.3) is 0 Å². The van der Waals surface area contributed by atoms with E-state index in [1.54, 1.807) is 11.3 Å². The van der Waals surface area contributed by atoms with Gasteiger partial charge in [-0.2, -0.15) is 11.3 Å². The van der Waals surface area contributed by atoms with Crippen LogP contribution in [0.15, 0.2) is 16.8 Å². The van der Waals surface area contributed by atoms with Crippen molar-refractivity contribution in [3.05, 3.63) is 22.4 Å². The van der Waals surface area contributed by atoms with Gasteiger partial charge in [-0.3, -0.25) is 9.69 Å². The summed E-state index contributed by atoms with van der Waals surface area (Å²) in [5.41, 5.74) is 1.38. The second-order valence-electron chi connectivity index (χ2n) is 5.95. The topological polar surface area (TPSA) is 32.8 Å². The van der Waals surface area contributed by atoms with Gasteiger partial charge in [0.25, 0.3) is 5.91 Å². The van der Waals surface area contributed by atoms with E-state index in [9.17, 15) is 4.79 Å². The molecule has 0 radical (unpaired) electrons. The molecule has 2 aliphatic heterocycles. The summed E-state index contributed by atoms with van der Waals surface area (Å²) in [5.74, 6) is 0.206. The van der Waals surface area contributed by atoms with Gasteiger partial charge < -0.3 is 9.64 Å². The third-order valence-electron chi connectivity index (χ3n) is 4.65. The average molecular weight is 308 g/mol. The molecule has 1 amide bonds. The lowest BCUT2D eigenvalue weighted by Gasteiger charge is -2.39. The zero-order valence-electron chi connectivity index (χ0n) is 12.7. The van der Waals surface area contributed by atoms with Gasteiger partial charge in [0.1, 0.15) is 6.10 Å². The van der Waals surface area contributed by atoms with Crippen molar-refractivity contribution in [2.45, 2.75) is 38.3 Å². The van der Waals surface area contributed by atoms with E-state index >= 15 is 0 Å². The van der Waals surface area contributed by atoms with Gasteiger partial charge in [-0.05, 0) is 48.6 Å². The van der Waals surface area contributed by atoms with Crippen LogP contribution in [0.1, 0.15) is 37.8 Å². The smallest absolute Gasteiger partial charge is 0.251 e. The second-order valence-corrected chi connectivity index (χ2v) is 6.73. The summed E-state index contributed by atoms with van der Waals surface area (Å²) >= 11 is 1.75. The molecule has 0 aliphatic carbocycles. The zero-order chi connectivity index (χ0) is 14.7. The van der Waals surface area contributed by atoms with Crippen molar-refractivity contribution in [3.8, 4) is 0 Å². The molecule has 21 heavy (non-hydrogen) atoms. The molecular formula is C16H24N2O2S. The molecule has 2 saturated heterocycles. The van der Waals surface area contributed by atoms with Crippen molar-refractivity contribution in [2.24, 2.45) is 0 Å². The molecule has 0 spiro atoms. The number of carbonyl (C=O) groups excluding carboxylic acids is 1. The Kier molecular flexibility index (Phi) is 4.93. The Morgan fingerprint density at radius 2 is 2.14 bits per heavy atom. The first-order valence-electron chi connectivity index (χ1n) is 7.92. The normalized spacial score (nSPS) is 25.8. The van der Waals surface area contributed by atoms with Crippen LogP contribution in [-0.2, 0) is 9.53 Å². The SMILES string of the molecule is C[C@@H](c1ccsc1)N1CCN(C(=O)[C@H]2CCCCO2)CC1. The monoisotopic (exact) mass is 308 g/mol. The van der Waals surface area contributed by atoms with Gasteiger partial charge in [0.2, 0.25) is 0 Å². The predicted octanol–water partition coefficient (Wildman–Crippen LogP) is 2.52. The summed E-state index contributed by atoms with van der Waals surface area (Å²) in [6.07, 6.45) is 2.92. The minimum absolute atomic E-state index is 0.181. The first-order valence-corrected chi connectivity index (χ1v) is 8.86. The standard InChI is InChI=1S/C16H24N2O2S/c1-13(14-5-11-21-12-14)17-6-8-18(9-7-17)16(19)15-4-2-3-10-20-15/h5,11-13,15H,2-4,6-10H2,1H3/t13-,15+/m0/s1. The van der Waals surface area contributed by atoms with E-state index in [2.05, 4.69) is 28.7 Å². The number of carbonyl (C=O) groups is 1. The molecule has 116 valence electrons. The van der Waals surface area contributed by atoms with E-state index in [0.29, 0.717) is 6.04 Å². The van der Waals surface area contributed by atoms with Crippen molar-refractivity contribution in [1.29, 1.82) is 0 Å². The van der Waals surface area contributed by atoms with Crippen LogP contribution in [0.4, 0.5) is 0 Å². The number of amides is 1. The van der Waals surface area contributed by atoms with Crippen LogP contribution in [-0.4, -0.2) is 54.6 Å². The fourth-order valence-corrected chi connectivity index (χ4v) is 3.94. The number of hydrogen-bond donors (Lipinski definition) is 0. The Morgan fingerprint density at radius 3 is 2.76 bits per heavy atom. The summed E-state index contributed by atoms with van der Waals surface area (Å²) in [6.45, 7) is 6.56. The third-order valence-corrected chi connectivity index (χ3v) is 5.36. The van der Waals surface area contributed by atoms with Gasteiger partial charge in [0.15, 0.2) is 0 Å². The lowest BCUT2D eigenvalue weighted by atomic mass is 10.1. The average Bonchev–Trinajstić information content (AvgIpc) is 3.09. The van der Waals surface area contributed by atoms with Crippen LogP contribution in [0.3, 0.4) is 0 Å². The number of ether oxygens (including phenoxy) is 1. The summed E-state index contributed by atoms with van der Waals surface area (Å²) in [6, 6.07) is 2.64. The predicted molar refractivity (Wildman–Crippen MR) is 84.5 cm³/mol. The fourth-order valence-electron chi connectivity index (χ4n) is 3.19. The number of nitrogens with zero attached hydrogens (tertiary/aromatic N) is 2. The molecule has 0 N–H and O–H groups in total. The van der Waals surface area contributed by atoms with Gasteiger partial charge in [-0.1, -0.05) is 0 Å². The maximum absolute atomic E-state index is 12.4. The molecule has 0 bridgehead atoms. The molecule has 5 heteroatoms. The lowest BCUT2D eigenvalue weighted by Crippen LogP contribution is -2.52. The molecule has 4 nitrogen and oxygen atoms in total. The molecule has 3 rings (SSSR count). The third kappa shape index (κ3) is 3.47.